The molecule has 6 heteroatoms. The Balaban J connectivity index is 2.55. The quantitative estimate of drug-likeness (QED) is 0.852. The highest BCUT2D eigenvalue weighted by Gasteiger charge is 2.17. The summed E-state index contributed by atoms with van der Waals surface area (Å²) in [5.41, 5.74) is 1.98. The van der Waals surface area contributed by atoms with Crippen molar-refractivity contribution in [2.45, 2.75) is 46.6 Å². The maximum absolute atomic E-state index is 4.74. The molecule has 114 valence electrons. The fourth-order valence-corrected chi connectivity index (χ4v) is 2.95. The first-order chi connectivity index (χ1) is 10.1. The Labute approximate surface area is 134 Å². The number of rotatable bonds is 6. The van der Waals surface area contributed by atoms with Gasteiger partial charge >= 0.3 is 0 Å². The summed E-state index contributed by atoms with van der Waals surface area (Å²) in [4.78, 5) is 13.6. The first kappa shape index (κ1) is 15.9. The average molecular weight is 352 g/mol. The van der Waals surface area contributed by atoms with Crippen LogP contribution in [0.25, 0.3) is 11.5 Å². The van der Waals surface area contributed by atoms with Crippen molar-refractivity contribution in [1.82, 2.24) is 19.5 Å². The number of nitrogens with zero attached hydrogens (tertiary/aromatic N) is 4. The number of imidazole rings is 1. The van der Waals surface area contributed by atoms with Crippen LogP contribution in [0.1, 0.15) is 45.7 Å². The lowest BCUT2D eigenvalue weighted by molar-refractivity contribution is 0.680. The third-order valence-corrected chi connectivity index (χ3v) is 3.96. The lowest BCUT2D eigenvalue weighted by Gasteiger charge is -2.15. The molecule has 0 aromatic carbocycles. The van der Waals surface area contributed by atoms with Gasteiger partial charge in [-0.25, -0.2) is 15.0 Å². The van der Waals surface area contributed by atoms with E-state index in [1.807, 2.05) is 12.5 Å². The Morgan fingerprint density at radius 2 is 2.05 bits per heavy atom. The van der Waals surface area contributed by atoms with Crippen LogP contribution in [0.3, 0.4) is 0 Å². The number of hydrogen-bond acceptors (Lipinski definition) is 4. The standard InChI is InChI=1S/C15H22BrN5/c1-5-7-21-9-17-8-11(21)14-19-13(10(3)4)12(16)15(20-14)18-6-2/h8-10H,5-7H2,1-4H3,(H,18,19,20). The van der Waals surface area contributed by atoms with E-state index in [1.165, 1.54) is 0 Å². The summed E-state index contributed by atoms with van der Waals surface area (Å²) in [6, 6.07) is 0. The van der Waals surface area contributed by atoms with E-state index in [2.05, 4.69) is 63.5 Å². The summed E-state index contributed by atoms with van der Waals surface area (Å²) >= 11 is 3.62. The maximum atomic E-state index is 4.74. The van der Waals surface area contributed by atoms with E-state index >= 15 is 0 Å². The second-order valence-electron chi connectivity index (χ2n) is 5.25. The number of aryl methyl sites for hydroxylation is 1. The maximum Gasteiger partial charge on any atom is 0.180 e. The predicted molar refractivity (Wildman–Crippen MR) is 89.5 cm³/mol. The summed E-state index contributed by atoms with van der Waals surface area (Å²) in [5.74, 6) is 1.89. The van der Waals surface area contributed by atoms with Gasteiger partial charge in [0.15, 0.2) is 5.82 Å². The first-order valence-corrected chi connectivity index (χ1v) is 8.19. The summed E-state index contributed by atoms with van der Waals surface area (Å²) < 4.78 is 3.05. The van der Waals surface area contributed by atoms with Crippen LogP contribution in [0, 0.1) is 0 Å². The van der Waals surface area contributed by atoms with Crippen molar-refractivity contribution in [1.29, 1.82) is 0 Å². The molecule has 0 amide bonds. The van der Waals surface area contributed by atoms with Crippen LogP contribution in [0.15, 0.2) is 17.0 Å². The monoisotopic (exact) mass is 351 g/mol. The van der Waals surface area contributed by atoms with Gasteiger partial charge in [0.05, 0.1) is 22.7 Å². The molecule has 2 aromatic heterocycles. The molecule has 2 heterocycles. The van der Waals surface area contributed by atoms with Crippen LogP contribution >= 0.6 is 15.9 Å². The predicted octanol–water partition coefficient (Wildman–Crippen LogP) is 4.07. The second kappa shape index (κ2) is 7.02. The molecule has 2 rings (SSSR count). The minimum Gasteiger partial charge on any atom is -0.369 e. The highest BCUT2D eigenvalue weighted by Crippen LogP contribution is 2.31. The molecule has 21 heavy (non-hydrogen) atoms. The van der Waals surface area contributed by atoms with Gasteiger partial charge in [0.25, 0.3) is 0 Å². The lowest BCUT2D eigenvalue weighted by atomic mass is 10.1. The summed E-state index contributed by atoms with van der Waals surface area (Å²) in [6.45, 7) is 10.2. The van der Waals surface area contributed by atoms with Gasteiger partial charge in [-0.3, -0.25) is 0 Å². The van der Waals surface area contributed by atoms with Crippen molar-refractivity contribution in [2.75, 3.05) is 11.9 Å². The molecule has 0 saturated carbocycles. The van der Waals surface area contributed by atoms with Gasteiger partial charge in [-0.2, -0.15) is 0 Å². The lowest BCUT2D eigenvalue weighted by Crippen LogP contribution is -2.09. The fraction of sp³-hybridized carbons (Fsp3) is 0.533. The number of nitrogens with one attached hydrogen (secondary N) is 1. The second-order valence-corrected chi connectivity index (χ2v) is 6.05. The SMILES string of the molecule is CCCn1cncc1-c1nc(NCC)c(Br)c(C(C)C)n1. The number of anilines is 1. The highest BCUT2D eigenvalue weighted by atomic mass is 79.9. The Hall–Kier alpha value is -1.43. The smallest absolute Gasteiger partial charge is 0.180 e. The minimum atomic E-state index is 0.320. The normalized spacial score (nSPS) is 11.1. The largest absolute Gasteiger partial charge is 0.369 e. The molecular formula is C15H22BrN5. The van der Waals surface area contributed by atoms with Crippen molar-refractivity contribution >= 4 is 21.7 Å². The zero-order chi connectivity index (χ0) is 15.4. The van der Waals surface area contributed by atoms with Crippen molar-refractivity contribution in [3.05, 3.63) is 22.7 Å². The third kappa shape index (κ3) is 3.43. The van der Waals surface area contributed by atoms with Gasteiger partial charge in [-0.05, 0) is 35.2 Å². The molecule has 0 unspecified atom stereocenters. The van der Waals surface area contributed by atoms with Crippen molar-refractivity contribution in [2.24, 2.45) is 0 Å². The van der Waals surface area contributed by atoms with Crippen molar-refractivity contribution in [3.8, 4) is 11.5 Å². The molecule has 0 saturated heterocycles. The molecule has 2 aromatic rings. The van der Waals surface area contributed by atoms with E-state index in [-0.39, 0.29) is 0 Å². The average Bonchev–Trinajstić information content (AvgIpc) is 2.89. The van der Waals surface area contributed by atoms with Crippen LogP contribution in [0.5, 0.6) is 0 Å². The Bertz CT molecular complexity index is 606. The third-order valence-electron chi connectivity index (χ3n) is 3.17. The van der Waals surface area contributed by atoms with Gasteiger partial charge in [0.1, 0.15) is 11.5 Å². The van der Waals surface area contributed by atoms with Crippen LogP contribution < -0.4 is 5.32 Å². The van der Waals surface area contributed by atoms with Crippen LogP contribution in [-0.4, -0.2) is 26.1 Å². The fourth-order valence-electron chi connectivity index (χ4n) is 2.17. The minimum absolute atomic E-state index is 0.320. The van der Waals surface area contributed by atoms with E-state index in [4.69, 9.17) is 4.98 Å². The molecule has 0 radical (unpaired) electrons. The molecule has 5 nitrogen and oxygen atoms in total. The molecule has 0 aliphatic rings. The number of halogens is 1. The van der Waals surface area contributed by atoms with Gasteiger partial charge in [0.2, 0.25) is 0 Å². The van der Waals surface area contributed by atoms with E-state index in [9.17, 15) is 0 Å². The van der Waals surface area contributed by atoms with Crippen LogP contribution in [-0.2, 0) is 6.54 Å². The molecular weight excluding hydrogens is 330 g/mol. The highest BCUT2D eigenvalue weighted by molar-refractivity contribution is 9.10. The van der Waals surface area contributed by atoms with Gasteiger partial charge in [-0.15, -0.1) is 0 Å². The van der Waals surface area contributed by atoms with E-state index in [1.54, 1.807) is 0 Å². The van der Waals surface area contributed by atoms with Gasteiger partial charge < -0.3 is 9.88 Å². The molecule has 0 atom stereocenters. The Morgan fingerprint density at radius 3 is 2.67 bits per heavy atom. The van der Waals surface area contributed by atoms with E-state index < -0.39 is 0 Å². The molecule has 0 aliphatic heterocycles. The topological polar surface area (TPSA) is 55.6 Å². The van der Waals surface area contributed by atoms with Crippen LogP contribution in [0.2, 0.25) is 0 Å². The first-order valence-electron chi connectivity index (χ1n) is 7.40. The van der Waals surface area contributed by atoms with Crippen molar-refractivity contribution in [3.63, 3.8) is 0 Å². The molecule has 0 fully saturated rings. The summed E-state index contributed by atoms with van der Waals surface area (Å²) in [5, 5.41) is 3.30. The molecule has 0 spiro atoms. The summed E-state index contributed by atoms with van der Waals surface area (Å²) in [7, 11) is 0. The zero-order valence-corrected chi connectivity index (χ0v) is 14.6. The number of hydrogen-bond donors (Lipinski definition) is 1. The van der Waals surface area contributed by atoms with E-state index in [0.29, 0.717) is 5.92 Å². The van der Waals surface area contributed by atoms with Gasteiger partial charge in [0, 0.05) is 13.1 Å². The zero-order valence-electron chi connectivity index (χ0n) is 13.0. The van der Waals surface area contributed by atoms with E-state index in [0.717, 1.165) is 47.0 Å². The number of aromatic nitrogens is 4. The van der Waals surface area contributed by atoms with Crippen molar-refractivity contribution < 1.29 is 0 Å². The summed E-state index contributed by atoms with van der Waals surface area (Å²) in [6.07, 6.45) is 4.72. The van der Waals surface area contributed by atoms with Gasteiger partial charge in [-0.1, -0.05) is 20.8 Å². The molecule has 0 aliphatic carbocycles. The van der Waals surface area contributed by atoms with Crippen LogP contribution in [0.4, 0.5) is 5.82 Å². The Kier molecular flexibility index (Phi) is 5.33. The molecule has 0 bridgehead atoms. The Morgan fingerprint density at radius 1 is 1.29 bits per heavy atom. The molecule has 1 N–H and O–H groups in total.